The molecular weight excluding hydrogens is 349 g/mol. The largest absolute Gasteiger partial charge is 0.314 e. The van der Waals surface area contributed by atoms with Crippen LogP contribution in [0.3, 0.4) is 0 Å². The van der Waals surface area contributed by atoms with Crippen LogP contribution in [0.4, 0.5) is 8.78 Å². The molecule has 1 fully saturated rings. The normalized spacial score (nSPS) is 17.6. The van der Waals surface area contributed by atoms with Gasteiger partial charge in [-0.2, -0.15) is 0 Å². The summed E-state index contributed by atoms with van der Waals surface area (Å²) in [6, 6.07) is 5.36. The molecule has 22 heavy (non-hydrogen) atoms. The molecule has 1 aromatic heterocycles. The Morgan fingerprint density at radius 2 is 1.73 bits per heavy atom. The number of hydrogen-bond acceptors (Lipinski definition) is 3. The van der Waals surface area contributed by atoms with E-state index in [4.69, 9.17) is 23.2 Å². The predicted molar refractivity (Wildman–Crippen MR) is 87.0 cm³/mol. The van der Waals surface area contributed by atoms with Gasteiger partial charge in [-0.25, -0.2) is 8.78 Å². The number of benzene rings is 1. The second kappa shape index (κ2) is 6.81. The maximum absolute atomic E-state index is 14.4. The summed E-state index contributed by atoms with van der Waals surface area (Å²) in [5.41, 5.74) is 0.182. The Morgan fingerprint density at radius 1 is 1.05 bits per heavy atom. The van der Waals surface area contributed by atoms with Crippen molar-refractivity contribution in [1.82, 2.24) is 10.2 Å². The molecule has 7 heteroatoms. The fourth-order valence-electron chi connectivity index (χ4n) is 2.71. The van der Waals surface area contributed by atoms with Crippen LogP contribution in [0.5, 0.6) is 0 Å². The van der Waals surface area contributed by atoms with Crippen molar-refractivity contribution < 1.29 is 8.78 Å². The Bertz CT molecular complexity index is 672. The van der Waals surface area contributed by atoms with Gasteiger partial charge in [-0.05, 0) is 24.3 Å². The Balaban J connectivity index is 2.11. The van der Waals surface area contributed by atoms with Gasteiger partial charge in [-0.3, -0.25) is 4.90 Å². The van der Waals surface area contributed by atoms with Gasteiger partial charge in [0.25, 0.3) is 0 Å². The molecule has 1 aromatic carbocycles. The summed E-state index contributed by atoms with van der Waals surface area (Å²) in [6.07, 6.45) is 0. The number of piperazine rings is 1. The zero-order valence-corrected chi connectivity index (χ0v) is 13.9. The highest BCUT2D eigenvalue weighted by Gasteiger charge is 2.30. The second-order valence-corrected chi connectivity index (χ2v) is 7.21. The van der Waals surface area contributed by atoms with Crippen LogP contribution in [-0.4, -0.2) is 31.1 Å². The lowest BCUT2D eigenvalue weighted by Gasteiger charge is -2.35. The molecule has 2 heterocycles. The van der Waals surface area contributed by atoms with Gasteiger partial charge in [0.1, 0.15) is 11.6 Å². The summed E-state index contributed by atoms with van der Waals surface area (Å²) in [5, 5.41) is 3.09. The number of rotatable bonds is 3. The number of nitrogens with one attached hydrogen (secondary N) is 1. The minimum atomic E-state index is -0.610. The standard InChI is InChI=1S/C15H14Cl2F2N2S/c16-12-4-3-11(22-12)15(21-7-5-20-6-8-21)13-9(18)1-2-10(19)14(13)17/h1-4,15,20H,5-8H2/t15-/m0/s1. The van der Waals surface area contributed by atoms with Gasteiger partial charge in [0.2, 0.25) is 0 Å². The number of nitrogens with zero attached hydrogens (tertiary/aromatic N) is 1. The van der Waals surface area contributed by atoms with E-state index in [1.54, 1.807) is 6.07 Å². The summed E-state index contributed by atoms with van der Waals surface area (Å²) in [7, 11) is 0. The molecule has 0 saturated carbocycles. The van der Waals surface area contributed by atoms with Gasteiger partial charge in [-0.15, -0.1) is 11.3 Å². The molecule has 0 spiro atoms. The molecule has 2 aromatic rings. The Labute approximate surface area is 141 Å². The van der Waals surface area contributed by atoms with E-state index in [-0.39, 0.29) is 10.6 Å². The predicted octanol–water partition coefficient (Wildman–Crippen LogP) is 4.33. The van der Waals surface area contributed by atoms with Crippen molar-refractivity contribution in [2.75, 3.05) is 26.2 Å². The van der Waals surface area contributed by atoms with E-state index in [1.807, 2.05) is 6.07 Å². The summed E-state index contributed by atoms with van der Waals surface area (Å²) in [4.78, 5) is 2.96. The van der Waals surface area contributed by atoms with Crippen molar-refractivity contribution in [3.8, 4) is 0 Å². The van der Waals surface area contributed by atoms with E-state index in [1.165, 1.54) is 11.3 Å². The van der Waals surface area contributed by atoms with Crippen LogP contribution in [0, 0.1) is 11.6 Å². The fraction of sp³-hybridized carbons (Fsp3) is 0.333. The van der Waals surface area contributed by atoms with Crippen molar-refractivity contribution in [2.45, 2.75) is 6.04 Å². The molecule has 1 N–H and O–H groups in total. The minimum absolute atomic E-state index is 0.159. The average Bonchev–Trinajstić information content (AvgIpc) is 2.94. The van der Waals surface area contributed by atoms with Crippen LogP contribution in [0.25, 0.3) is 0 Å². The first-order valence-corrected chi connectivity index (χ1v) is 8.48. The van der Waals surface area contributed by atoms with E-state index in [0.29, 0.717) is 4.34 Å². The molecule has 0 bridgehead atoms. The van der Waals surface area contributed by atoms with Crippen LogP contribution >= 0.6 is 34.5 Å². The van der Waals surface area contributed by atoms with Gasteiger partial charge < -0.3 is 5.32 Å². The number of hydrogen-bond donors (Lipinski definition) is 1. The first-order chi connectivity index (χ1) is 10.6. The Morgan fingerprint density at radius 3 is 2.36 bits per heavy atom. The third-order valence-corrected chi connectivity index (χ3v) is 5.40. The van der Waals surface area contributed by atoms with Crippen molar-refractivity contribution in [3.63, 3.8) is 0 Å². The number of thiophene rings is 1. The van der Waals surface area contributed by atoms with E-state index in [0.717, 1.165) is 43.2 Å². The molecule has 2 nitrogen and oxygen atoms in total. The topological polar surface area (TPSA) is 15.3 Å². The highest BCUT2D eigenvalue weighted by molar-refractivity contribution is 7.16. The van der Waals surface area contributed by atoms with E-state index >= 15 is 0 Å². The SMILES string of the molecule is Fc1ccc(F)c([C@H](c2ccc(Cl)s2)N2CCNCC2)c1Cl. The highest BCUT2D eigenvalue weighted by Crippen LogP contribution is 2.40. The van der Waals surface area contributed by atoms with Gasteiger partial charge in [-0.1, -0.05) is 23.2 Å². The molecule has 1 aliphatic rings. The van der Waals surface area contributed by atoms with Gasteiger partial charge in [0, 0.05) is 36.6 Å². The lowest BCUT2D eigenvalue weighted by atomic mass is 10.0. The summed E-state index contributed by atoms with van der Waals surface area (Å²) in [6.45, 7) is 3.05. The van der Waals surface area contributed by atoms with Crippen molar-refractivity contribution in [3.05, 3.63) is 55.7 Å². The first-order valence-electron chi connectivity index (χ1n) is 6.91. The third-order valence-electron chi connectivity index (χ3n) is 3.73. The van der Waals surface area contributed by atoms with Gasteiger partial charge in [0.05, 0.1) is 15.4 Å². The van der Waals surface area contributed by atoms with Crippen molar-refractivity contribution in [2.24, 2.45) is 0 Å². The summed E-state index contributed by atoms with van der Waals surface area (Å²) < 4.78 is 28.9. The maximum Gasteiger partial charge on any atom is 0.142 e. The molecular formula is C15H14Cl2F2N2S. The van der Waals surface area contributed by atoms with Crippen molar-refractivity contribution >= 4 is 34.5 Å². The van der Waals surface area contributed by atoms with E-state index < -0.39 is 17.7 Å². The van der Waals surface area contributed by atoms with Crippen molar-refractivity contribution in [1.29, 1.82) is 0 Å². The monoisotopic (exact) mass is 362 g/mol. The molecule has 1 aliphatic heterocycles. The average molecular weight is 363 g/mol. The smallest absolute Gasteiger partial charge is 0.142 e. The molecule has 0 radical (unpaired) electrons. The number of halogens is 4. The second-order valence-electron chi connectivity index (χ2n) is 5.09. The first kappa shape index (κ1) is 16.1. The van der Waals surface area contributed by atoms with Crippen LogP contribution in [-0.2, 0) is 0 Å². The molecule has 1 saturated heterocycles. The Hall–Kier alpha value is -0.720. The van der Waals surface area contributed by atoms with E-state index in [2.05, 4.69) is 10.2 Å². The lowest BCUT2D eigenvalue weighted by Crippen LogP contribution is -2.45. The van der Waals surface area contributed by atoms with Gasteiger partial charge in [0.15, 0.2) is 0 Å². The maximum atomic E-state index is 14.4. The fourth-order valence-corrected chi connectivity index (χ4v) is 4.18. The molecule has 1 atom stereocenters. The summed E-state index contributed by atoms with van der Waals surface area (Å²) in [5.74, 6) is -1.11. The van der Waals surface area contributed by atoms with E-state index in [9.17, 15) is 8.78 Å². The third kappa shape index (κ3) is 3.14. The summed E-state index contributed by atoms with van der Waals surface area (Å²) >= 11 is 13.5. The van der Waals surface area contributed by atoms with Crippen LogP contribution in [0.1, 0.15) is 16.5 Å². The van der Waals surface area contributed by atoms with Crippen LogP contribution in [0.2, 0.25) is 9.36 Å². The molecule has 3 rings (SSSR count). The Kier molecular flexibility index (Phi) is 5.00. The molecule has 118 valence electrons. The zero-order chi connectivity index (χ0) is 15.7. The molecule has 0 aliphatic carbocycles. The highest BCUT2D eigenvalue weighted by atomic mass is 35.5. The van der Waals surface area contributed by atoms with Gasteiger partial charge >= 0.3 is 0 Å². The van der Waals surface area contributed by atoms with Crippen LogP contribution in [0.15, 0.2) is 24.3 Å². The quantitative estimate of drug-likeness (QED) is 0.817. The van der Waals surface area contributed by atoms with Crippen LogP contribution < -0.4 is 5.32 Å². The zero-order valence-electron chi connectivity index (χ0n) is 11.6. The molecule has 0 unspecified atom stereocenters. The minimum Gasteiger partial charge on any atom is -0.314 e. The molecule has 0 amide bonds. The lowest BCUT2D eigenvalue weighted by molar-refractivity contribution is 0.197.